The molecule has 0 radical (unpaired) electrons. The molecular weight excluding hydrogens is 228 g/mol. The number of carbonyl (C=O) groups excluding carboxylic acids is 2. The molecule has 2 aliphatic rings. The van der Waals surface area contributed by atoms with Gasteiger partial charge in [-0.3, -0.25) is 14.9 Å². The van der Waals surface area contributed by atoms with E-state index in [1.807, 2.05) is 13.0 Å². The third-order valence-electron chi connectivity index (χ3n) is 3.55. The zero-order chi connectivity index (χ0) is 13.2. The standard InChI is InChI=1S/C14H14N2O2/c1-10(6-9-15)5-8-14-7-3-2-4-11(14)12(17)16-13(14)18/h2-4,6-7,11H,5,8H2,1H3,(H,16,17,18)/b10-6+. The van der Waals surface area contributed by atoms with E-state index in [-0.39, 0.29) is 11.8 Å². The number of nitrogens with zero attached hydrogens (tertiary/aromatic N) is 1. The highest BCUT2D eigenvalue weighted by Crippen LogP contribution is 2.42. The summed E-state index contributed by atoms with van der Waals surface area (Å²) in [5.41, 5.74) is 0.150. The van der Waals surface area contributed by atoms with Gasteiger partial charge >= 0.3 is 0 Å². The van der Waals surface area contributed by atoms with E-state index in [4.69, 9.17) is 5.26 Å². The van der Waals surface area contributed by atoms with Crippen molar-refractivity contribution in [3.63, 3.8) is 0 Å². The molecule has 1 heterocycles. The number of nitriles is 1. The van der Waals surface area contributed by atoms with Crippen LogP contribution in [0.2, 0.25) is 0 Å². The fraction of sp³-hybridized carbons (Fsp3) is 0.357. The molecule has 18 heavy (non-hydrogen) atoms. The second-order valence-electron chi connectivity index (χ2n) is 4.70. The van der Waals surface area contributed by atoms with Crippen LogP contribution in [0.25, 0.3) is 0 Å². The Bertz CT molecular complexity index is 522. The molecule has 1 aliphatic heterocycles. The number of allylic oxidation sites excluding steroid dienone is 4. The van der Waals surface area contributed by atoms with Crippen molar-refractivity contribution in [3.8, 4) is 6.07 Å². The molecule has 2 rings (SSSR count). The molecule has 1 saturated heterocycles. The summed E-state index contributed by atoms with van der Waals surface area (Å²) in [6.45, 7) is 1.85. The summed E-state index contributed by atoms with van der Waals surface area (Å²) < 4.78 is 0. The van der Waals surface area contributed by atoms with Gasteiger partial charge in [0, 0.05) is 6.08 Å². The Morgan fingerprint density at radius 1 is 1.56 bits per heavy atom. The smallest absolute Gasteiger partial charge is 0.237 e. The summed E-state index contributed by atoms with van der Waals surface area (Å²) >= 11 is 0. The van der Waals surface area contributed by atoms with Crippen LogP contribution in [0.4, 0.5) is 0 Å². The molecule has 1 aliphatic carbocycles. The molecule has 4 heteroatoms. The van der Waals surface area contributed by atoms with Gasteiger partial charge in [0.25, 0.3) is 0 Å². The van der Waals surface area contributed by atoms with Gasteiger partial charge in [0.2, 0.25) is 11.8 Å². The van der Waals surface area contributed by atoms with Gasteiger partial charge < -0.3 is 0 Å². The van der Waals surface area contributed by atoms with Crippen LogP contribution in [-0.2, 0) is 9.59 Å². The summed E-state index contributed by atoms with van der Waals surface area (Å²) in [5.74, 6) is -0.879. The normalized spacial score (nSPS) is 30.0. The van der Waals surface area contributed by atoms with Crippen molar-refractivity contribution >= 4 is 11.8 Å². The van der Waals surface area contributed by atoms with Gasteiger partial charge in [0.15, 0.2) is 0 Å². The molecule has 1 fully saturated rings. The Hall–Kier alpha value is -2.15. The van der Waals surface area contributed by atoms with Crippen molar-refractivity contribution in [3.05, 3.63) is 36.0 Å². The molecule has 0 aromatic carbocycles. The van der Waals surface area contributed by atoms with Crippen molar-refractivity contribution in [1.29, 1.82) is 5.26 Å². The Morgan fingerprint density at radius 3 is 3.06 bits per heavy atom. The van der Waals surface area contributed by atoms with E-state index in [0.717, 1.165) is 5.57 Å². The Kier molecular flexibility index (Phi) is 3.15. The van der Waals surface area contributed by atoms with Crippen LogP contribution < -0.4 is 5.32 Å². The van der Waals surface area contributed by atoms with E-state index in [1.54, 1.807) is 24.3 Å². The molecule has 1 N–H and O–H groups in total. The van der Waals surface area contributed by atoms with Crippen molar-refractivity contribution in [2.45, 2.75) is 19.8 Å². The van der Waals surface area contributed by atoms with Crippen LogP contribution in [0.3, 0.4) is 0 Å². The first-order valence-corrected chi connectivity index (χ1v) is 5.87. The first kappa shape index (κ1) is 12.3. The number of nitrogens with one attached hydrogen (secondary N) is 1. The van der Waals surface area contributed by atoms with Crippen LogP contribution in [0.1, 0.15) is 19.8 Å². The quantitative estimate of drug-likeness (QED) is 0.604. The summed E-state index contributed by atoms with van der Waals surface area (Å²) in [5, 5.41) is 11.0. The molecule has 0 bridgehead atoms. The maximum atomic E-state index is 12.0. The Labute approximate surface area is 106 Å². The monoisotopic (exact) mass is 242 g/mol. The molecule has 92 valence electrons. The summed E-state index contributed by atoms with van der Waals surface area (Å²) in [4.78, 5) is 23.7. The minimum atomic E-state index is -0.767. The second-order valence-corrected chi connectivity index (χ2v) is 4.70. The number of fused-ring (bicyclic) bond motifs is 1. The topological polar surface area (TPSA) is 70.0 Å². The Balaban J connectivity index is 2.22. The minimum Gasteiger partial charge on any atom is -0.295 e. The Morgan fingerprint density at radius 2 is 2.33 bits per heavy atom. The first-order valence-electron chi connectivity index (χ1n) is 5.87. The predicted octanol–water partition coefficient (Wildman–Crippen LogP) is 1.62. The molecule has 0 spiro atoms. The third kappa shape index (κ3) is 1.88. The van der Waals surface area contributed by atoms with Gasteiger partial charge in [0.1, 0.15) is 0 Å². The van der Waals surface area contributed by atoms with E-state index in [2.05, 4.69) is 5.32 Å². The molecule has 0 saturated carbocycles. The molecule has 2 atom stereocenters. The highest BCUT2D eigenvalue weighted by atomic mass is 16.2. The van der Waals surface area contributed by atoms with Crippen molar-refractivity contribution < 1.29 is 9.59 Å². The van der Waals surface area contributed by atoms with Gasteiger partial charge in [-0.15, -0.1) is 0 Å². The molecule has 0 aromatic rings. The number of imide groups is 1. The number of hydrogen-bond donors (Lipinski definition) is 1. The fourth-order valence-electron chi connectivity index (χ4n) is 2.46. The van der Waals surface area contributed by atoms with Crippen molar-refractivity contribution in [2.75, 3.05) is 0 Å². The van der Waals surface area contributed by atoms with E-state index in [1.165, 1.54) is 6.08 Å². The zero-order valence-electron chi connectivity index (χ0n) is 10.1. The first-order chi connectivity index (χ1) is 8.60. The lowest BCUT2D eigenvalue weighted by Crippen LogP contribution is -2.33. The van der Waals surface area contributed by atoms with Crippen LogP contribution in [0, 0.1) is 22.7 Å². The number of carbonyl (C=O) groups is 2. The van der Waals surface area contributed by atoms with Gasteiger partial charge in [-0.05, 0) is 19.8 Å². The molecular formula is C14H14N2O2. The van der Waals surface area contributed by atoms with Crippen LogP contribution in [0.15, 0.2) is 36.0 Å². The SMILES string of the molecule is C/C(=C\C#N)CCC12C=CC=CC1C(=O)NC2=O. The van der Waals surface area contributed by atoms with Crippen molar-refractivity contribution in [1.82, 2.24) is 5.32 Å². The van der Waals surface area contributed by atoms with E-state index < -0.39 is 11.3 Å². The van der Waals surface area contributed by atoms with Gasteiger partial charge in [0.05, 0.1) is 17.4 Å². The average Bonchev–Trinajstić information content (AvgIpc) is 2.61. The summed E-state index contributed by atoms with van der Waals surface area (Å²) in [6, 6.07) is 1.97. The zero-order valence-corrected chi connectivity index (χ0v) is 10.1. The fourth-order valence-corrected chi connectivity index (χ4v) is 2.46. The molecule has 2 unspecified atom stereocenters. The number of rotatable bonds is 3. The highest BCUT2D eigenvalue weighted by molar-refractivity contribution is 6.09. The van der Waals surface area contributed by atoms with Gasteiger partial charge in [-0.2, -0.15) is 5.26 Å². The summed E-state index contributed by atoms with van der Waals surface area (Å²) in [6.07, 6.45) is 9.81. The third-order valence-corrected chi connectivity index (χ3v) is 3.55. The van der Waals surface area contributed by atoms with Crippen LogP contribution >= 0.6 is 0 Å². The lowest BCUT2D eigenvalue weighted by atomic mass is 9.71. The molecule has 2 amide bonds. The number of hydrogen-bond acceptors (Lipinski definition) is 3. The number of amides is 2. The lowest BCUT2D eigenvalue weighted by molar-refractivity contribution is -0.127. The van der Waals surface area contributed by atoms with Gasteiger partial charge in [-0.1, -0.05) is 29.9 Å². The highest BCUT2D eigenvalue weighted by Gasteiger charge is 2.52. The largest absolute Gasteiger partial charge is 0.295 e. The lowest BCUT2D eigenvalue weighted by Gasteiger charge is -2.28. The maximum absolute atomic E-state index is 12.0. The molecule has 4 nitrogen and oxygen atoms in total. The van der Waals surface area contributed by atoms with E-state index >= 15 is 0 Å². The average molecular weight is 242 g/mol. The molecule has 0 aromatic heterocycles. The van der Waals surface area contributed by atoms with Crippen molar-refractivity contribution in [2.24, 2.45) is 11.3 Å². The minimum absolute atomic E-state index is 0.233. The van der Waals surface area contributed by atoms with E-state index in [0.29, 0.717) is 12.8 Å². The van der Waals surface area contributed by atoms with Gasteiger partial charge in [-0.25, -0.2) is 0 Å². The second kappa shape index (κ2) is 4.61. The van der Waals surface area contributed by atoms with Crippen LogP contribution in [0.5, 0.6) is 0 Å². The summed E-state index contributed by atoms with van der Waals surface area (Å²) in [7, 11) is 0. The maximum Gasteiger partial charge on any atom is 0.237 e. The van der Waals surface area contributed by atoms with Crippen LogP contribution in [-0.4, -0.2) is 11.8 Å². The predicted molar refractivity (Wildman–Crippen MR) is 66.0 cm³/mol. The van der Waals surface area contributed by atoms with E-state index in [9.17, 15) is 9.59 Å².